The van der Waals surface area contributed by atoms with E-state index in [4.69, 9.17) is 9.84 Å². The Morgan fingerprint density at radius 3 is 2.44 bits per heavy atom. The van der Waals surface area contributed by atoms with Crippen molar-refractivity contribution in [3.8, 4) is 0 Å². The molecule has 0 bridgehead atoms. The Morgan fingerprint density at radius 2 is 2.06 bits per heavy atom. The summed E-state index contributed by atoms with van der Waals surface area (Å²) < 4.78 is 7.86. The molecule has 0 saturated carbocycles. The van der Waals surface area contributed by atoms with Gasteiger partial charge in [-0.15, -0.1) is 0 Å². The van der Waals surface area contributed by atoms with E-state index in [0.717, 1.165) is 0 Å². The summed E-state index contributed by atoms with van der Waals surface area (Å²) in [5, 5.41) is 8.92. The fourth-order valence-electron chi connectivity index (χ4n) is 0.738. The number of ether oxygens (including phenoxy) is 1. The SMILES string of the molecule is CC(C)(C)OC(=O)C[Se]NC(CS)C(=O)O. The van der Waals surface area contributed by atoms with E-state index in [2.05, 4.69) is 17.0 Å². The molecule has 0 aliphatic rings. The number of thiol groups is 1. The Morgan fingerprint density at radius 1 is 1.50 bits per heavy atom. The molecule has 7 heteroatoms. The number of carbonyl (C=O) groups excluding carboxylic acids is 1. The van der Waals surface area contributed by atoms with Gasteiger partial charge in [0.05, 0.1) is 0 Å². The third-order valence-corrected chi connectivity index (χ3v) is 3.43. The number of nitrogens with one attached hydrogen (secondary N) is 1. The normalized spacial score (nSPS) is 13.2. The number of hydrogen-bond donors (Lipinski definition) is 3. The molecule has 0 aromatic carbocycles. The molecule has 94 valence electrons. The van der Waals surface area contributed by atoms with Crippen LogP contribution in [0.1, 0.15) is 20.8 Å². The van der Waals surface area contributed by atoms with Gasteiger partial charge >= 0.3 is 107 Å². The minimum atomic E-state index is -0.957. The zero-order valence-corrected chi connectivity index (χ0v) is 12.1. The molecule has 0 radical (unpaired) electrons. The van der Waals surface area contributed by atoms with Crippen molar-refractivity contribution >= 4 is 39.7 Å². The van der Waals surface area contributed by atoms with Gasteiger partial charge in [-0.25, -0.2) is 0 Å². The van der Waals surface area contributed by atoms with Crippen LogP contribution >= 0.6 is 12.6 Å². The summed E-state index contributed by atoms with van der Waals surface area (Å²) in [6.07, 6.45) is 0. The van der Waals surface area contributed by atoms with E-state index in [-0.39, 0.29) is 32.2 Å². The second-order valence-electron chi connectivity index (χ2n) is 4.07. The van der Waals surface area contributed by atoms with Gasteiger partial charge in [0.15, 0.2) is 0 Å². The first kappa shape index (κ1) is 15.8. The van der Waals surface area contributed by atoms with Crippen molar-refractivity contribution < 1.29 is 19.4 Å². The second kappa shape index (κ2) is 7.16. The van der Waals surface area contributed by atoms with Crippen LogP contribution in [0.4, 0.5) is 0 Å². The summed E-state index contributed by atoms with van der Waals surface area (Å²) in [5.41, 5.74) is -0.497. The molecule has 0 aromatic rings. The molecule has 0 amide bonds. The molecule has 0 spiro atoms. The van der Waals surface area contributed by atoms with Crippen LogP contribution < -0.4 is 4.33 Å². The minimum absolute atomic E-state index is 0.200. The predicted octanol–water partition coefficient (Wildman–Crippen LogP) is 0.338. The summed E-state index contributed by atoms with van der Waals surface area (Å²) >= 11 is 3.62. The summed E-state index contributed by atoms with van der Waals surface area (Å²) in [7, 11) is 0. The first-order valence-electron chi connectivity index (χ1n) is 4.69. The Bertz CT molecular complexity index is 254. The van der Waals surface area contributed by atoms with Gasteiger partial charge in [0.1, 0.15) is 0 Å². The average molecular weight is 314 g/mol. The van der Waals surface area contributed by atoms with Crippen LogP contribution in [0.5, 0.6) is 0 Å². The van der Waals surface area contributed by atoms with Crippen molar-refractivity contribution in [2.75, 3.05) is 5.75 Å². The Kier molecular flexibility index (Phi) is 7.06. The fourth-order valence-corrected chi connectivity index (χ4v) is 2.62. The Hall–Kier alpha value is -0.231. The van der Waals surface area contributed by atoms with Crippen molar-refractivity contribution in [2.24, 2.45) is 0 Å². The van der Waals surface area contributed by atoms with Gasteiger partial charge in [0, 0.05) is 0 Å². The van der Waals surface area contributed by atoms with Gasteiger partial charge in [0.2, 0.25) is 0 Å². The van der Waals surface area contributed by atoms with Crippen LogP contribution in [0, 0.1) is 0 Å². The van der Waals surface area contributed by atoms with E-state index in [1.807, 2.05) is 0 Å². The van der Waals surface area contributed by atoms with Gasteiger partial charge in [-0.05, 0) is 0 Å². The van der Waals surface area contributed by atoms with Crippen molar-refractivity contribution in [1.82, 2.24) is 4.33 Å². The van der Waals surface area contributed by atoms with Crippen LogP contribution in [0.2, 0.25) is 5.32 Å². The van der Waals surface area contributed by atoms with E-state index < -0.39 is 17.6 Å². The third kappa shape index (κ3) is 7.98. The summed E-state index contributed by atoms with van der Waals surface area (Å²) in [5.74, 6) is -1.07. The van der Waals surface area contributed by atoms with Crippen molar-refractivity contribution in [3.63, 3.8) is 0 Å². The Balaban J connectivity index is 3.81. The van der Waals surface area contributed by atoms with Crippen LogP contribution in [0.15, 0.2) is 0 Å². The zero-order chi connectivity index (χ0) is 12.8. The van der Waals surface area contributed by atoms with E-state index in [0.29, 0.717) is 0 Å². The van der Waals surface area contributed by atoms with Gasteiger partial charge in [-0.2, -0.15) is 0 Å². The molecule has 1 unspecified atom stereocenters. The zero-order valence-electron chi connectivity index (χ0n) is 9.52. The van der Waals surface area contributed by atoms with Crippen molar-refractivity contribution in [2.45, 2.75) is 37.7 Å². The van der Waals surface area contributed by atoms with Crippen molar-refractivity contribution in [3.05, 3.63) is 0 Å². The number of esters is 1. The molecular formula is C9H17NO4SSe. The van der Waals surface area contributed by atoms with Gasteiger partial charge in [-0.1, -0.05) is 0 Å². The predicted molar refractivity (Wildman–Crippen MR) is 64.8 cm³/mol. The molecule has 0 rings (SSSR count). The molecule has 2 N–H and O–H groups in total. The first-order valence-corrected chi connectivity index (χ1v) is 7.39. The maximum atomic E-state index is 11.3. The van der Waals surface area contributed by atoms with E-state index >= 15 is 0 Å². The monoisotopic (exact) mass is 315 g/mol. The average Bonchev–Trinajstić information content (AvgIpc) is 2.08. The molecule has 0 aromatic heterocycles. The molecule has 5 nitrogen and oxygen atoms in total. The van der Waals surface area contributed by atoms with Crippen LogP contribution in [0.25, 0.3) is 0 Å². The van der Waals surface area contributed by atoms with E-state index in [1.54, 1.807) is 20.8 Å². The second-order valence-corrected chi connectivity index (χ2v) is 6.14. The number of carboxylic acid groups (broad SMARTS) is 1. The fraction of sp³-hybridized carbons (Fsp3) is 0.778. The maximum absolute atomic E-state index is 11.3. The van der Waals surface area contributed by atoms with Gasteiger partial charge < -0.3 is 0 Å². The summed E-state index contributed by atoms with van der Waals surface area (Å²) in [6, 6.07) is -0.703. The number of hydrogen-bond acceptors (Lipinski definition) is 5. The van der Waals surface area contributed by atoms with Crippen LogP contribution in [-0.4, -0.2) is 49.6 Å². The first-order chi connectivity index (χ1) is 7.26. The molecule has 0 saturated heterocycles. The number of carbonyl (C=O) groups is 2. The molecule has 16 heavy (non-hydrogen) atoms. The van der Waals surface area contributed by atoms with Crippen molar-refractivity contribution in [1.29, 1.82) is 0 Å². The van der Waals surface area contributed by atoms with Gasteiger partial charge in [0.25, 0.3) is 0 Å². The number of aliphatic carboxylic acids is 1. The van der Waals surface area contributed by atoms with Crippen LogP contribution in [0.3, 0.4) is 0 Å². The topological polar surface area (TPSA) is 75.6 Å². The summed E-state index contributed by atoms with van der Waals surface area (Å²) in [4.78, 5) is 21.9. The third-order valence-electron chi connectivity index (χ3n) is 1.32. The van der Waals surface area contributed by atoms with E-state index in [9.17, 15) is 9.59 Å². The molecular weight excluding hydrogens is 297 g/mol. The summed E-state index contributed by atoms with van der Waals surface area (Å²) in [6.45, 7) is 5.37. The Labute approximate surface area is 107 Å². The van der Waals surface area contributed by atoms with E-state index in [1.165, 1.54) is 0 Å². The molecule has 0 aliphatic heterocycles. The standard InChI is InChI=1S/C9H17NO4SSe/c1-9(2,3)14-7(11)5-16-10-6(4-15)8(12)13/h6,10,15H,4-5H2,1-3H3,(H,12,13). The molecule has 0 heterocycles. The van der Waals surface area contributed by atoms with Crippen LogP contribution in [-0.2, 0) is 14.3 Å². The quantitative estimate of drug-likeness (QED) is 0.374. The molecule has 0 aliphatic carbocycles. The number of carboxylic acids is 1. The van der Waals surface area contributed by atoms with Gasteiger partial charge in [-0.3, -0.25) is 0 Å². The number of rotatable bonds is 6. The molecule has 1 atom stereocenters. The molecule has 0 fully saturated rings.